The number of nitrogen functional groups attached to an aromatic ring is 1. The van der Waals surface area contributed by atoms with Crippen LogP contribution in [0.4, 0.5) is 22.7 Å². The molecule has 0 aliphatic carbocycles. The van der Waals surface area contributed by atoms with Gasteiger partial charge in [0.05, 0.1) is 24.8 Å². The molecule has 2 aromatic carbocycles. The molecule has 0 bridgehead atoms. The third-order valence-corrected chi connectivity index (χ3v) is 3.18. The number of hydrogen-bond donors (Lipinski definition) is 1. The van der Waals surface area contributed by atoms with Crippen LogP contribution in [0.1, 0.15) is 5.56 Å². The lowest BCUT2D eigenvalue weighted by Gasteiger charge is -2.07. The molecule has 0 radical (unpaired) electrons. The minimum absolute atomic E-state index is 0.0985. The Morgan fingerprint density at radius 3 is 2.30 bits per heavy atom. The second-order valence-corrected chi connectivity index (χ2v) is 4.69. The van der Waals surface area contributed by atoms with Crippen molar-refractivity contribution in [2.45, 2.75) is 6.92 Å². The SMILES string of the molecule is COc1cc(N)c(N=Nc2cc([N+](=O)[O-])ccc2OC)cc1C. The lowest BCUT2D eigenvalue weighted by molar-refractivity contribution is -0.384. The van der Waals surface area contributed by atoms with Crippen molar-refractivity contribution in [1.82, 2.24) is 0 Å². The lowest BCUT2D eigenvalue weighted by Crippen LogP contribution is -1.91. The summed E-state index contributed by atoms with van der Waals surface area (Å²) in [6, 6.07) is 7.46. The Morgan fingerprint density at radius 2 is 1.70 bits per heavy atom. The molecule has 0 spiro atoms. The van der Waals surface area contributed by atoms with E-state index in [9.17, 15) is 10.1 Å². The maximum Gasteiger partial charge on any atom is 0.271 e. The zero-order chi connectivity index (χ0) is 17.0. The number of methoxy groups -OCH3 is 2. The molecule has 0 heterocycles. The Balaban J connectivity index is 2.42. The highest BCUT2D eigenvalue weighted by molar-refractivity contribution is 5.67. The molecular weight excluding hydrogens is 300 g/mol. The summed E-state index contributed by atoms with van der Waals surface area (Å²) in [5.74, 6) is 1.03. The molecule has 8 nitrogen and oxygen atoms in total. The molecule has 0 saturated heterocycles. The van der Waals surface area contributed by atoms with Gasteiger partial charge in [0.1, 0.15) is 22.9 Å². The van der Waals surface area contributed by atoms with Crippen LogP contribution in [0.3, 0.4) is 0 Å². The molecule has 0 aliphatic heterocycles. The van der Waals surface area contributed by atoms with Crippen LogP contribution in [0.2, 0.25) is 0 Å². The average Bonchev–Trinajstić information content (AvgIpc) is 2.54. The summed E-state index contributed by atoms with van der Waals surface area (Å²) in [5.41, 5.74) is 7.73. The molecule has 0 aromatic heterocycles. The summed E-state index contributed by atoms with van der Waals surface area (Å²) in [6.07, 6.45) is 0. The third-order valence-electron chi connectivity index (χ3n) is 3.18. The Morgan fingerprint density at radius 1 is 1.04 bits per heavy atom. The molecule has 2 N–H and O–H groups in total. The van der Waals surface area contributed by atoms with E-state index in [1.54, 1.807) is 19.2 Å². The first-order valence-corrected chi connectivity index (χ1v) is 6.64. The minimum atomic E-state index is -0.510. The first-order chi connectivity index (χ1) is 11.0. The van der Waals surface area contributed by atoms with E-state index in [1.807, 2.05) is 6.92 Å². The first kappa shape index (κ1) is 16.2. The van der Waals surface area contributed by atoms with Crippen molar-refractivity contribution >= 4 is 22.7 Å². The maximum atomic E-state index is 10.9. The molecule has 23 heavy (non-hydrogen) atoms. The standard InChI is InChI=1S/C15H16N4O4/c1-9-6-12(11(16)8-15(9)23-3)17-18-13-7-10(19(20)21)4-5-14(13)22-2/h4-8H,16H2,1-3H3. The summed E-state index contributed by atoms with van der Waals surface area (Å²) in [4.78, 5) is 10.3. The first-order valence-electron chi connectivity index (χ1n) is 6.64. The number of nitrogens with zero attached hydrogens (tertiary/aromatic N) is 3. The molecule has 0 unspecified atom stereocenters. The van der Waals surface area contributed by atoms with Crippen molar-refractivity contribution in [3.05, 3.63) is 46.0 Å². The fraction of sp³-hybridized carbons (Fsp3) is 0.200. The van der Waals surface area contributed by atoms with Gasteiger partial charge in [-0.1, -0.05) is 0 Å². The summed E-state index contributed by atoms with van der Waals surface area (Å²) in [7, 11) is 3.00. The van der Waals surface area contributed by atoms with Gasteiger partial charge >= 0.3 is 0 Å². The lowest BCUT2D eigenvalue weighted by atomic mass is 10.2. The number of ether oxygens (including phenoxy) is 2. The van der Waals surface area contributed by atoms with Gasteiger partial charge in [-0.25, -0.2) is 0 Å². The van der Waals surface area contributed by atoms with Crippen molar-refractivity contribution in [3.63, 3.8) is 0 Å². The molecule has 2 rings (SSSR count). The Bertz CT molecular complexity index is 774. The number of nitrogens with two attached hydrogens (primary N) is 1. The van der Waals surface area contributed by atoms with Crippen LogP contribution in [0.5, 0.6) is 11.5 Å². The third kappa shape index (κ3) is 3.54. The van der Waals surface area contributed by atoms with Crippen molar-refractivity contribution < 1.29 is 14.4 Å². The number of benzene rings is 2. The second-order valence-electron chi connectivity index (χ2n) is 4.69. The van der Waals surface area contributed by atoms with Gasteiger partial charge in [0.2, 0.25) is 0 Å². The fourth-order valence-electron chi connectivity index (χ4n) is 1.97. The largest absolute Gasteiger partial charge is 0.496 e. The van der Waals surface area contributed by atoms with E-state index in [2.05, 4.69) is 10.2 Å². The number of anilines is 1. The minimum Gasteiger partial charge on any atom is -0.496 e. The summed E-state index contributed by atoms with van der Waals surface area (Å²) in [6.45, 7) is 1.85. The van der Waals surface area contributed by atoms with Gasteiger partial charge < -0.3 is 15.2 Å². The van der Waals surface area contributed by atoms with Crippen LogP contribution >= 0.6 is 0 Å². The zero-order valence-electron chi connectivity index (χ0n) is 12.9. The summed E-state index contributed by atoms with van der Waals surface area (Å²) < 4.78 is 10.3. The number of nitro benzene ring substituents is 1. The molecule has 0 aliphatic rings. The molecule has 2 aromatic rings. The molecule has 8 heteroatoms. The topological polar surface area (TPSA) is 112 Å². The van der Waals surface area contributed by atoms with Crippen LogP contribution in [0, 0.1) is 17.0 Å². The molecule has 0 fully saturated rings. The highest BCUT2D eigenvalue weighted by atomic mass is 16.6. The van der Waals surface area contributed by atoms with E-state index in [0.717, 1.165) is 5.56 Å². The second kappa shape index (κ2) is 6.73. The summed E-state index contributed by atoms with van der Waals surface area (Å²) in [5, 5.41) is 18.9. The van der Waals surface area contributed by atoms with Crippen LogP contribution in [0.15, 0.2) is 40.6 Å². The smallest absolute Gasteiger partial charge is 0.271 e. The predicted molar refractivity (Wildman–Crippen MR) is 86.0 cm³/mol. The van der Waals surface area contributed by atoms with Crippen molar-refractivity contribution in [2.75, 3.05) is 20.0 Å². The zero-order valence-corrected chi connectivity index (χ0v) is 12.9. The van der Waals surface area contributed by atoms with Crippen LogP contribution in [-0.2, 0) is 0 Å². The molecule has 0 saturated carbocycles. The van der Waals surface area contributed by atoms with E-state index >= 15 is 0 Å². The normalized spacial score (nSPS) is 10.7. The van der Waals surface area contributed by atoms with E-state index < -0.39 is 4.92 Å². The van der Waals surface area contributed by atoms with Crippen molar-refractivity contribution in [2.24, 2.45) is 10.2 Å². The molecule has 0 atom stereocenters. The van der Waals surface area contributed by atoms with Gasteiger partial charge in [0, 0.05) is 18.2 Å². The van der Waals surface area contributed by atoms with Gasteiger partial charge in [0.15, 0.2) is 0 Å². The van der Waals surface area contributed by atoms with Gasteiger partial charge in [-0.2, -0.15) is 0 Å². The van der Waals surface area contributed by atoms with Gasteiger partial charge in [-0.05, 0) is 24.6 Å². The highest BCUT2D eigenvalue weighted by Crippen LogP contribution is 2.35. The fourth-order valence-corrected chi connectivity index (χ4v) is 1.97. The molecule has 0 amide bonds. The Kier molecular flexibility index (Phi) is 4.75. The van der Waals surface area contributed by atoms with Crippen LogP contribution in [-0.4, -0.2) is 19.1 Å². The average molecular weight is 316 g/mol. The van der Waals surface area contributed by atoms with E-state index in [-0.39, 0.29) is 11.4 Å². The van der Waals surface area contributed by atoms with Gasteiger partial charge in [-0.15, -0.1) is 10.2 Å². The van der Waals surface area contributed by atoms with Crippen LogP contribution < -0.4 is 15.2 Å². The van der Waals surface area contributed by atoms with E-state index in [1.165, 1.54) is 25.3 Å². The van der Waals surface area contributed by atoms with Crippen molar-refractivity contribution in [3.8, 4) is 11.5 Å². The molecule has 120 valence electrons. The number of rotatable bonds is 5. The van der Waals surface area contributed by atoms with Gasteiger partial charge in [0.25, 0.3) is 5.69 Å². The van der Waals surface area contributed by atoms with Crippen LogP contribution in [0.25, 0.3) is 0 Å². The van der Waals surface area contributed by atoms with Crippen molar-refractivity contribution in [1.29, 1.82) is 0 Å². The number of nitro groups is 1. The number of non-ortho nitro benzene ring substituents is 1. The Labute approximate surface area is 132 Å². The van der Waals surface area contributed by atoms with E-state index in [0.29, 0.717) is 22.9 Å². The number of aryl methyl sites for hydroxylation is 1. The van der Waals surface area contributed by atoms with E-state index in [4.69, 9.17) is 15.2 Å². The monoisotopic (exact) mass is 316 g/mol. The quantitative estimate of drug-likeness (QED) is 0.389. The number of azo groups is 1. The number of hydrogen-bond acceptors (Lipinski definition) is 7. The Hall–Kier alpha value is -3.16. The predicted octanol–water partition coefficient (Wildman–Crippen LogP) is 3.92. The summed E-state index contributed by atoms with van der Waals surface area (Å²) >= 11 is 0. The maximum absolute atomic E-state index is 10.9. The highest BCUT2D eigenvalue weighted by Gasteiger charge is 2.11. The molecular formula is C15H16N4O4. The van der Waals surface area contributed by atoms with Gasteiger partial charge in [-0.3, -0.25) is 10.1 Å².